The lowest BCUT2D eigenvalue weighted by molar-refractivity contribution is -0.123. The standard InChI is InChI=1S/C33H39N3O5/c1-21(2)18-29(30(37)34-19-22-14-16-23(17-15-22)35-32(39)41-33(3,4)5)36-31(38)40-20-28-26-12-8-6-10-24(26)25-11-7-9-13-27(25)28/h6-17,21,28-29H,18-20H2,1-5H3,(H,34,37)(H,35,39)(H,36,38)/t29-/m0/s1. The Labute approximate surface area is 241 Å². The summed E-state index contributed by atoms with van der Waals surface area (Å²) in [6.07, 6.45) is -0.686. The lowest BCUT2D eigenvalue weighted by Crippen LogP contribution is -2.47. The number of hydrogen-bond donors (Lipinski definition) is 3. The van der Waals surface area contributed by atoms with Crippen LogP contribution in [0.2, 0.25) is 0 Å². The Kier molecular flexibility index (Phi) is 9.32. The lowest BCUT2D eigenvalue weighted by Gasteiger charge is -2.21. The number of benzene rings is 3. The molecule has 0 spiro atoms. The van der Waals surface area contributed by atoms with Gasteiger partial charge in [0.25, 0.3) is 0 Å². The van der Waals surface area contributed by atoms with E-state index in [2.05, 4.69) is 40.2 Å². The van der Waals surface area contributed by atoms with E-state index in [0.717, 1.165) is 27.8 Å². The van der Waals surface area contributed by atoms with Gasteiger partial charge < -0.3 is 20.1 Å². The van der Waals surface area contributed by atoms with Gasteiger partial charge in [-0.1, -0.05) is 74.5 Å². The average molecular weight is 558 g/mol. The summed E-state index contributed by atoms with van der Waals surface area (Å²) in [7, 11) is 0. The van der Waals surface area contributed by atoms with Crippen LogP contribution >= 0.6 is 0 Å². The fraction of sp³-hybridized carbons (Fsp3) is 0.364. The van der Waals surface area contributed by atoms with Crippen LogP contribution in [0.1, 0.15) is 63.6 Å². The molecular formula is C33H39N3O5. The molecule has 0 aliphatic heterocycles. The minimum Gasteiger partial charge on any atom is -0.449 e. The van der Waals surface area contributed by atoms with Crippen LogP contribution in [-0.4, -0.2) is 36.3 Å². The molecule has 1 aliphatic carbocycles. The highest BCUT2D eigenvalue weighted by Gasteiger charge is 2.30. The normalized spacial score (nSPS) is 13.1. The third-order valence-corrected chi connectivity index (χ3v) is 6.73. The van der Waals surface area contributed by atoms with Crippen molar-refractivity contribution in [2.45, 2.75) is 65.1 Å². The summed E-state index contributed by atoms with van der Waals surface area (Å²) < 4.78 is 10.9. The molecule has 0 unspecified atom stereocenters. The van der Waals surface area contributed by atoms with Gasteiger partial charge in [0.05, 0.1) is 0 Å². The Morgan fingerprint density at radius 3 is 1.98 bits per heavy atom. The fourth-order valence-electron chi connectivity index (χ4n) is 4.93. The first-order chi connectivity index (χ1) is 19.5. The second-order valence-electron chi connectivity index (χ2n) is 11.7. The molecule has 0 bridgehead atoms. The van der Waals surface area contributed by atoms with E-state index in [9.17, 15) is 14.4 Å². The summed E-state index contributed by atoms with van der Waals surface area (Å²) in [6, 6.07) is 22.7. The van der Waals surface area contributed by atoms with Crippen LogP contribution in [0.4, 0.5) is 15.3 Å². The van der Waals surface area contributed by atoms with Gasteiger partial charge in [-0.25, -0.2) is 9.59 Å². The van der Waals surface area contributed by atoms with E-state index in [1.54, 1.807) is 32.9 Å². The van der Waals surface area contributed by atoms with Gasteiger partial charge in [0.1, 0.15) is 18.2 Å². The average Bonchev–Trinajstić information content (AvgIpc) is 3.23. The SMILES string of the molecule is CC(C)C[C@H](NC(=O)OCC1c2ccccc2-c2ccccc21)C(=O)NCc1ccc(NC(=O)OC(C)(C)C)cc1. The zero-order valence-electron chi connectivity index (χ0n) is 24.3. The van der Waals surface area contributed by atoms with Crippen molar-refractivity contribution in [3.63, 3.8) is 0 Å². The van der Waals surface area contributed by atoms with Crippen LogP contribution in [0.3, 0.4) is 0 Å². The van der Waals surface area contributed by atoms with Gasteiger partial charge in [-0.3, -0.25) is 10.1 Å². The first-order valence-electron chi connectivity index (χ1n) is 14.0. The van der Waals surface area contributed by atoms with Crippen LogP contribution in [0.5, 0.6) is 0 Å². The number of amides is 3. The minimum absolute atomic E-state index is 0.0571. The van der Waals surface area contributed by atoms with Crippen molar-refractivity contribution in [1.82, 2.24) is 10.6 Å². The number of anilines is 1. The molecule has 0 fully saturated rings. The first kappa shape index (κ1) is 29.6. The van der Waals surface area contributed by atoms with E-state index in [0.29, 0.717) is 12.1 Å². The smallest absolute Gasteiger partial charge is 0.412 e. The molecule has 41 heavy (non-hydrogen) atoms. The molecule has 3 amide bonds. The van der Waals surface area contributed by atoms with Gasteiger partial charge in [-0.05, 0) is 73.1 Å². The summed E-state index contributed by atoms with van der Waals surface area (Å²) >= 11 is 0. The highest BCUT2D eigenvalue weighted by Crippen LogP contribution is 2.44. The highest BCUT2D eigenvalue weighted by molar-refractivity contribution is 5.86. The van der Waals surface area contributed by atoms with Gasteiger partial charge >= 0.3 is 12.2 Å². The van der Waals surface area contributed by atoms with Crippen molar-refractivity contribution in [2.24, 2.45) is 5.92 Å². The molecule has 0 saturated heterocycles. The Bertz CT molecular complexity index is 1330. The third-order valence-electron chi connectivity index (χ3n) is 6.73. The molecular weight excluding hydrogens is 518 g/mol. The molecule has 4 rings (SSSR count). The Balaban J connectivity index is 1.31. The molecule has 216 valence electrons. The number of ether oxygens (including phenoxy) is 2. The maximum atomic E-state index is 13.1. The fourth-order valence-corrected chi connectivity index (χ4v) is 4.93. The second-order valence-corrected chi connectivity index (χ2v) is 11.7. The number of alkyl carbamates (subject to hydrolysis) is 1. The predicted octanol–water partition coefficient (Wildman–Crippen LogP) is 6.60. The number of carbonyl (C=O) groups is 3. The third kappa shape index (κ3) is 8.10. The Morgan fingerprint density at radius 2 is 1.41 bits per heavy atom. The van der Waals surface area contributed by atoms with Crippen LogP contribution in [0, 0.1) is 5.92 Å². The molecule has 3 aromatic rings. The van der Waals surface area contributed by atoms with Gasteiger partial charge in [0, 0.05) is 18.2 Å². The molecule has 3 aromatic carbocycles. The number of hydrogen-bond acceptors (Lipinski definition) is 5. The summed E-state index contributed by atoms with van der Waals surface area (Å²) in [6.45, 7) is 9.84. The summed E-state index contributed by atoms with van der Waals surface area (Å²) in [4.78, 5) is 37.9. The van der Waals surface area contributed by atoms with Gasteiger partial charge in [-0.2, -0.15) is 0 Å². The van der Waals surface area contributed by atoms with Gasteiger partial charge in [0.15, 0.2) is 0 Å². The largest absolute Gasteiger partial charge is 0.449 e. The summed E-state index contributed by atoms with van der Waals surface area (Å²) in [5, 5.41) is 8.36. The number of carbonyl (C=O) groups excluding carboxylic acids is 3. The van der Waals surface area contributed by atoms with E-state index < -0.39 is 23.8 Å². The van der Waals surface area contributed by atoms with Gasteiger partial charge in [-0.15, -0.1) is 0 Å². The van der Waals surface area contributed by atoms with E-state index >= 15 is 0 Å². The number of fused-ring (bicyclic) bond motifs is 3. The van der Waals surface area contributed by atoms with E-state index in [1.165, 1.54) is 0 Å². The van der Waals surface area contributed by atoms with E-state index in [-0.39, 0.29) is 30.9 Å². The molecule has 0 saturated carbocycles. The highest BCUT2D eigenvalue weighted by atomic mass is 16.6. The first-order valence-corrected chi connectivity index (χ1v) is 14.0. The molecule has 8 nitrogen and oxygen atoms in total. The predicted molar refractivity (Wildman–Crippen MR) is 160 cm³/mol. The van der Waals surface area contributed by atoms with Crippen molar-refractivity contribution in [2.75, 3.05) is 11.9 Å². The minimum atomic E-state index is -0.737. The van der Waals surface area contributed by atoms with Crippen molar-refractivity contribution >= 4 is 23.8 Å². The second kappa shape index (κ2) is 12.9. The van der Waals surface area contributed by atoms with Gasteiger partial charge in [0.2, 0.25) is 5.91 Å². The maximum Gasteiger partial charge on any atom is 0.412 e. The molecule has 3 N–H and O–H groups in total. The summed E-state index contributed by atoms with van der Waals surface area (Å²) in [5.41, 5.74) is 5.41. The number of nitrogens with one attached hydrogen (secondary N) is 3. The maximum absolute atomic E-state index is 13.1. The van der Waals surface area contributed by atoms with Crippen LogP contribution in [0.25, 0.3) is 11.1 Å². The topological polar surface area (TPSA) is 106 Å². The van der Waals surface area contributed by atoms with Crippen LogP contribution < -0.4 is 16.0 Å². The lowest BCUT2D eigenvalue weighted by atomic mass is 9.98. The van der Waals surface area contributed by atoms with Crippen molar-refractivity contribution < 1.29 is 23.9 Å². The zero-order chi connectivity index (χ0) is 29.6. The molecule has 0 aromatic heterocycles. The quantitative estimate of drug-likeness (QED) is 0.275. The number of rotatable bonds is 9. The Hall–Kier alpha value is -4.33. The van der Waals surface area contributed by atoms with Crippen LogP contribution in [0.15, 0.2) is 72.8 Å². The monoisotopic (exact) mass is 557 g/mol. The molecule has 1 atom stereocenters. The Morgan fingerprint density at radius 1 is 0.829 bits per heavy atom. The van der Waals surface area contributed by atoms with Crippen molar-refractivity contribution in [1.29, 1.82) is 0 Å². The van der Waals surface area contributed by atoms with E-state index in [4.69, 9.17) is 9.47 Å². The molecule has 0 radical (unpaired) electrons. The summed E-state index contributed by atoms with van der Waals surface area (Å²) in [5.74, 6) is -0.167. The van der Waals surface area contributed by atoms with Crippen LogP contribution in [-0.2, 0) is 20.8 Å². The zero-order valence-corrected chi connectivity index (χ0v) is 24.3. The van der Waals surface area contributed by atoms with Crippen molar-refractivity contribution in [3.8, 4) is 11.1 Å². The van der Waals surface area contributed by atoms with Crippen molar-refractivity contribution in [3.05, 3.63) is 89.5 Å². The molecule has 0 heterocycles. The van der Waals surface area contributed by atoms with E-state index in [1.807, 2.05) is 50.2 Å². The molecule has 1 aliphatic rings. The molecule has 8 heteroatoms.